The van der Waals surface area contributed by atoms with Gasteiger partial charge in [-0.2, -0.15) is 5.26 Å². The summed E-state index contributed by atoms with van der Waals surface area (Å²) in [5.41, 5.74) is 1.74. The standard InChI is InChI=1S/C24H27N3O3/c25-11-16-8-9-26(12-16)13-17-10-20-23(29)14-27(21-6-3-7-22(21)28)15-30-24(20)19-5-2-1-4-18(17)19/h1-2,4-5,10,16,21-22,28H,3,6-9,12-15H2/t16?,21?,22-/m0/s1. The first kappa shape index (κ1) is 19.5. The Morgan fingerprint density at radius 1 is 1.20 bits per heavy atom. The normalized spacial score (nSPS) is 27.6. The summed E-state index contributed by atoms with van der Waals surface area (Å²) in [6.45, 7) is 3.00. The number of nitrogens with zero attached hydrogens (tertiary/aromatic N) is 3. The molecular weight excluding hydrogens is 378 g/mol. The summed E-state index contributed by atoms with van der Waals surface area (Å²) >= 11 is 0. The van der Waals surface area contributed by atoms with Crippen LogP contribution in [-0.4, -0.2) is 59.2 Å². The number of fused-ring (bicyclic) bond motifs is 3. The molecule has 0 aromatic heterocycles. The predicted molar refractivity (Wildman–Crippen MR) is 113 cm³/mol. The van der Waals surface area contributed by atoms with Crippen LogP contribution in [0, 0.1) is 17.2 Å². The minimum absolute atomic E-state index is 0.0125. The summed E-state index contributed by atoms with van der Waals surface area (Å²) in [5, 5.41) is 21.6. The van der Waals surface area contributed by atoms with Crippen molar-refractivity contribution in [3.8, 4) is 11.8 Å². The second-order valence-electron chi connectivity index (χ2n) is 8.82. The molecule has 6 heteroatoms. The van der Waals surface area contributed by atoms with E-state index in [2.05, 4.69) is 17.0 Å². The van der Waals surface area contributed by atoms with E-state index in [-0.39, 0.29) is 24.3 Å². The molecule has 2 aromatic rings. The number of carbonyl (C=O) groups excluding carboxylic acids is 1. The molecule has 0 radical (unpaired) electrons. The summed E-state index contributed by atoms with van der Waals surface area (Å²) in [6.07, 6.45) is 3.18. The molecule has 30 heavy (non-hydrogen) atoms. The molecule has 6 nitrogen and oxygen atoms in total. The second kappa shape index (κ2) is 7.99. The number of Topliss-reactive ketones (excluding diaryl/α,β-unsaturated/α-hetero) is 1. The van der Waals surface area contributed by atoms with Gasteiger partial charge in [-0.1, -0.05) is 24.3 Å². The van der Waals surface area contributed by atoms with Gasteiger partial charge in [0.25, 0.3) is 0 Å². The van der Waals surface area contributed by atoms with Crippen molar-refractivity contribution in [2.75, 3.05) is 26.4 Å². The van der Waals surface area contributed by atoms with Gasteiger partial charge < -0.3 is 9.84 Å². The van der Waals surface area contributed by atoms with E-state index < -0.39 is 6.10 Å². The van der Waals surface area contributed by atoms with Gasteiger partial charge in [-0.15, -0.1) is 0 Å². The van der Waals surface area contributed by atoms with Crippen molar-refractivity contribution in [1.29, 1.82) is 5.26 Å². The monoisotopic (exact) mass is 405 g/mol. The molecule has 5 rings (SSSR count). The number of benzene rings is 2. The third-order valence-corrected chi connectivity index (χ3v) is 6.86. The van der Waals surface area contributed by atoms with E-state index >= 15 is 0 Å². The molecule has 1 aliphatic carbocycles. The fourth-order valence-electron chi connectivity index (χ4n) is 5.26. The van der Waals surface area contributed by atoms with Crippen LogP contribution in [-0.2, 0) is 6.54 Å². The maximum atomic E-state index is 13.3. The molecule has 2 aliphatic heterocycles. The Balaban J connectivity index is 1.49. The summed E-state index contributed by atoms with van der Waals surface area (Å²) < 4.78 is 6.20. The highest BCUT2D eigenvalue weighted by atomic mass is 16.5. The van der Waals surface area contributed by atoms with Crippen molar-refractivity contribution in [1.82, 2.24) is 9.80 Å². The average molecular weight is 405 g/mol. The van der Waals surface area contributed by atoms with Crippen LogP contribution < -0.4 is 4.74 Å². The van der Waals surface area contributed by atoms with Gasteiger partial charge >= 0.3 is 0 Å². The Kier molecular flexibility index (Phi) is 5.20. The first-order valence-electron chi connectivity index (χ1n) is 10.9. The second-order valence-corrected chi connectivity index (χ2v) is 8.82. The molecular formula is C24H27N3O3. The van der Waals surface area contributed by atoms with Crippen molar-refractivity contribution in [3.05, 3.63) is 41.5 Å². The maximum absolute atomic E-state index is 13.3. The molecule has 1 N–H and O–H groups in total. The number of carbonyl (C=O) groups is 1. The lowest BCUT2D eigenvalue weighted by molar-refractivity contribution is 0.0293. The number of hydrogen-bond acceptors (Lipinski definition) is 6. The zero-order chi connectivity index (χ0) is 20.7. The van der Waals surface area contributed by atoms with Crippen LogP contribution in [0.5, 0.6) is 5.75 Å². The van der Waals surface area contributed by atoms with Crippen LogP contribution in [0.3, 0.4) is 0 Å². The molecule has 1 saturated heterocycles. The Bertz CT molecular complexity index is 1010. The highest BCUT2D eigenvalue weighted by molar-refractivity contribution is 6.07. The Morgan fingerprint density at radius 3 is 2.77 bits per heavy atom. The van der Waals surface area contributed by atoms with Crippen molar-refractivity contribution in [2.24, 2.45) is 5.92 Å². The number of hydrogen-bond donors (Lipinski definition) is 1. The molecule has 2 aromatic carbocycles. The number of nitriles is 1. The third-order valence-electron chi connectivity index (χ3n) is 6.86. The van der Waals surface area contributed by atoms with Gasteiger partial charge in [0.2, 0.25) is 0 Å². The van der Waals surface area contributed by atoms with Crippen LogP contribution in [0.25, 0.3) is 10.8 Å². The zero-order valence-electron chi connectivity index (χ0n) is 17.1. The Morgan fingerprint density at radius 2 is 2.03 bits per heavy atom. The molecule has 156 valence electrons. The molecule has 0 amide bonds. The van der Waals surface area contributed by atoms with Crippen molar-refractivity contribution in [2.45, 2.75) is 44.4 Å². The van der Waals surface area contributed by atoms with Gasteiger partial charge in [-0.3, -0.25) is 14.6 Å². The minimum Gasteiger partial charge on any atom is -0.477 e. The molecule has 2 fully saturated rings. The number of aliphatic hydroxyl groups excluding tert-OH is 1. The predicted octanol–water partition coefficient (Wildman–Crippen LogP) is 2.93. The topological polar surface area (TPSA) is 76.8 Å². The Labute approximate surface area is 176 Å². The smallest absolute Gasteiger partial charge is 0.180 e. The average Bonchev–Trinajstić information content (AvgIpc) is 3.36. The molecule has 3 atom stereocenters. The minimum atomic E-state index is -0.391. The quantitative estimate of drug-likeness (QED) is 0.846. The molecule has 0 spiro atoms. The van der Waals surface area contributed by atoms with Crippen LogP contribution in [0.1, 0.15) is 41.6 Å². The highest BCUT2D eigenvalue weighted by Gasteiger charge is 2.35. The van der Waals surface area contributed by atoms with Crippen molar-refractivity contribution in [3.63, 3.8) is 0 Å². The lowest BCUT2D eigenvalue weighted by Gasteiger charge is -2.28. The van der Waals surface area contributed by atoms with E-state index in [1.165, 1.54) is 0 Å². The van der Waals surface area contributed by atoms with E-state index in [0.717, 1.165) is 61.7 Å². The van der Waals surface area contributed by atoms with Crippen molar-refractivity contribution < 1.29 is 14.6 Å². The maximum Gasteiger partial charge on any atom is 0.180 e. The Hall–Kier alpha value is -2.46. The fraction of sp³-hybridized carbons (Fsp3) is 0.500. The van der Waals surface area contributed by atoms with E-state index in [4.69, 9.17) is 4.74 Å². The molecule has 3 aliphatic rings. The summed E-state index contributed by atoms with van der Waals surface area (Å²) in [5.74, 6) is 0.795. The first-order chi connectivity index (χ1) is 14.6. The van der Waals surface area contributed by atoms with E-state index in [1.807, 2.05) is 29.2 Å². The molecule has 0 bridgehead atoms. The van der Waals surface area contributed by atoms with Gasteiger partial charge in [-0.25, -0.2) is 0 Å². The van der Waals surface area contributed by atoms with Crippen LogP contribution >= 0.6 is 0 Å². The number of ether oxygens (including phenoxy) is 1. The van der Waals surface area contributed by atoms with Gasteiger partial charge in [0, 0.05) is 24.5 Å². The summed E-state index contributed by atoms with van der Waals surface area (Å²) in [7, 11) is 0. The number of likely N-dealkylation sites (tertiary alicyclic amines) is 1. The summed E-state index contributed by atoms with van der Waals surface area (Å²) in [4.78, 5) is 17.5. The molecule has 1 saturated carbocycles. The zero-order valence-corrected chi connectivity index (χ0v) is 17.1. The summed E-state index contributed by atoms with van der Waals surface area (Å²) in [6, 6.07) is 12.5. The van der Waals surface area contributed by atoms with Gasteiger partial charge in [0.05, 0.1) is 30.2 Å². The number of aliphatic hydroxyl groups is 1. The largest absolute Gasteiger partial charge is 0.477 e. The molecule has 2 heterocycles. The first-order valence-corrected chi connectivity index (χ1v) is 10.9. The van der Waals surface area contributed by atoms with Crippen molar-refractivity contribution >= 4 is 16.6 Å². The number of ketones is 1. The van der Waals surface area contributed by atoms with Gasteiger partial charge in [-0.05, 0) is 49.2 Å². The van der Waals surface area contributed by atoms with Gasteiger partial charge in [0.1, 0.15) is 12.5 Å². The van der Waals surface area contributed by atoms with Crippen LogP contribution in [0.2, 0.25) is 0 Å². The lowest BCUT2D eigenvalue weighted by Crippen LogP contribution is -2.44. The molecule has 2 unspecified atom stereocenters. The highest BCUT2D eigenvalue weighted by Crippen LogP contribution is 2.37. The fourth-order valence-corrected chi connectivity index (χ4v) is 5.26. The van der Waals surface area contributed by atoms with Gasteiger partial charge in [0.15, 0.2) is 5.78 Å². The lowest BCUT2D eigenvalue weighted by atomic mass is 9.96. The van der Waals surface area contributed by atoms with E-state index in [0.29, 0.717) is 18.0 Å². The van der Waals surface area contributed by atoms with E-state index in [1.54, 1.807) is 0 Å². The number of rotatable bonds is 3. The SMILES string of the molecule is N#CC1CCN(Cc2cc3c(c4ccccc24)OCN(C2CCC[C@@H]2O)CC3=O)C1. The van der Waals surface area contributed by atoms with E-state index in [9.17, 15) is 15.2 Å². The third kappa shape index (κ3) is 3.47. The van der Waals surface area contributed by atoms with Crippen LogP contribution in [0.4, 0.5) is 0 Å². The van der Waals surface area contributed by atoms with Crippen LogP contribution in [0.15, 0.2) is 30.3 Å².